The van der Waals surface area contributed by atoms with Crippen molar-refractivity contribution < 1.29 is 4.57 Å². The highest BCUT2D eigenvalue weighted by atomic mass is 15.2. The van der Waals surface area contributed by atoms with Gasteiger partial charge in [-0.1, -0.05) is 25.7 Å². The maximum Gasteiger partial charge on any atom is 0.239 e. The van der Waals surface area contributed by atoms with Crippen LogP contribution in [0.15, 0.2) is 101 Å². The summed E-state index contributed by atoms with van der Waals surface area (Å²) in [6.45, 7) is 10.3. The number of unbranched alkanes of at least 4 members (excludes halogenated alkanes) is 5. The number of aromatic nitrogens is 2. The number of nitrogens with zero attached hydrogens (tertiary/aromatic N) is 4. The van der Waals surface area contributed by atoms with Crippen LogP contribution in [0.25, 0.3) is 27.8 Å². The summed E-state index contributed by atoms with van der Waals surface area (Å²) in [5.41, 5.74) is 45.4. The first-order valence-electron chi connectivity index (χ1n) is 21.8. The largest absolute Gasteiger partial charge is 0.399 e. The predicted molar refractivity (Wildman–Crippen MR) is 264 cm³/mol. The van der Waals surface area contributed by atoms with E-state index in [1.54, 1.807) is 0 Å². The van der Waals surface area contributed by atoms with Crippen molar-refractivity contribution in [1.82, 2.24) is 10.3 Å². The number of nitrogens with two attached hydrogens (primary N) is 4. The lowest BCUT2D eigenvalue weighted by Crippen LogP contribution is -2.41. The first-order chi connectivity index (χ1) is 29.9. The van der Waals surface area contributed by atoms with Crippen LogP contribution < -0.4 is 53.7 Å². The lowest BCUT2D eigenvalue weighted by molar-refractivity contribution is -0.537. The van der Waals surface area contributed by atoms with Gasteiger partial charge < -0.3 is 49.1 Å². The van der Waals surface area contributed by atoms with Crippen LogP contribution in [0, 0.1) is 20.8 Å². The maximum absolute atomic E-state index is 6.62. The second-order valence-electron chi connectivity index (χ2n) is 16.8. The van der Waals surface area contributed by atoms with Crippen molar-refractivity contribution in [2.45, 2.75) is 72.3 Å². The standard InChI is InChI=1S/C50H60N12/c1-29-19-41-47(25-37(29)55-5)61(45-15-13-33(51)23-35(45)53)49-27-39(31(3)21-43(49)59-41)57-17-11-9-7-8-10-12-18-58-40-28-50-44(22-32(40)4)60-42-20-30(2)38(56-6)26-48(42)62(50)46-16-14-34(52)24-36(46)54/h13-16,19-28,49,55,57H,7-12,17-18,51-54H2,1-6H3,(H,56,58)/p+1. The van der Waals surface area contributed by atoms with Crippen LogP contribution in [0.5, 0.6) is 0 Å². The Bertz CT molecular complexity index is 2780. The van der Waals surface area contributed by atoms with E-state index < -0.39 is 0 Å². The van der Waals surface area contributed by atoms with Crippen molar-refractivity contribution in [3.63, 3.8) is 0 Å². The molecule has 12 heteroatoms. The SMILES string of the molecule is CNc1cc2c(cc1C)N=C1C=C(C)C(NCCCCCCCCNc3cc4c(cc3C)nc3cc(C)c(NC)cc3[n+]4-c3ccc(N)cc3N)=CC1N2c1ccc(N)cc1N. The van der Waals surface area contributed by atoms with Crippen LogP contribution in [0.3, 0.4) is 0 Å². The molecule has 0 bridgehead atoms. The molecule has 1 atom stereocenters. The van der Waals surface area contributed by atoms with Gasteiger partial charge in [0.15, 0.2) is 0 Å². The van der Waals surface area contributed by atoms with Gasteiger partial charge >= 0.3 is 0 Å². The average molecular weight is 830 g/mol. The minimum absolute atomic E-state index is 0.116. The summed E-state index contributed by atoms with van der Waals surface area (Å²) in [5.74, 6) is 0. The highest BCUT2D eigenvalue weighted by Crippen LogP contribution is 2.46. The van der Waals surface area contributed by atoms with Crippen LogP contribution in [0.1, 0.15) is 62.1 Å². The molecule has 320 valence electrons. The Hall–Kier alpha value is -6.95. The molecule has 8 rings (SSSR count). The summed E-state index contributed by atoms with van der Waals surface area (Å²) >= 11 is 0. The van der Waals surface area contributed by atoms with Crippen molar-refractivity contribution in [3.05, 3.63) is 113 Å². The lowest BCUT2D eigenvalue weighted by atomic mass is 9.93. The summed E-state index contributed by atoms with van der Waals surface area (Å²) in [5, 5.41) is 14.2. The molecule has 0 radical (unpaired) electrons. The van der Waals surface area contributed by atoms with Crippen molar-refractivity contribution in [3.8, 4) is 5.69 Å². The smallest absolute Gasteiger partial charge is 0.239 e. The van der Waals surface area contributed by atoms with Crippen LogP contribution in [-0.4, -0.2) is 43.9 Å². The molecule has 12 nitrogen and oxygen atoms in total. The van der Waals surface area contributed by atoms with Gasteiger partial charge in [0.25, 0.3) is 0 Å². The molecule has 1 aliphatic heterocycles. The molecule has 5 aromatic carbocycles. The van der Waals surface area contributed by atoms with E-state index >= 15 is 0 Å². The second kappa shape index (κ2) is 17.6. The summed E-state index contributed by atoms with van der Waals surface area (Å²) in [6.07, 6.45) is 11.4. The Morgan fingerprint density at radius 1 is 0.613 bits per heavy atom. The number of benzene rings is 5. The van der Waals surface area contributed by atoms with Crippen molar-refractivity contribution in [2.24, 2.45) is 4.99 Å². The van der Waals surface area contributed by atoms with Crippen molar-refractivity contribution >= 4 is 84.7 Å². The van der Waals surface area contributed by atoms with Gasteiger partial charge in [-0.3, -0.25) is 0 Å². The van der Waals surface area contributed by atoms with Crippen LogP contribution in [0.2, 0.25) is 0 Å². The van der Waals surface area contributed by atoms with Crippen LogP contribution in [0.4, 0.5) is 56.9 Å². The molecule has 6 aromatic rings. The van der Waals surface area contributed by atoms with Gasteiger partial charge in [-0.2, -0.15) is 0 Å². The molecule has 62 heavy (non-hydrogen) atoms. The first-order valence-corrected chi connectivity index (χ1v) is 21.8. The number of nitrogens with one attached hydrogen (secondary N) is 4. The zero-order valence-corrected chi connectivity index (χ0v) is 36.9. The Morgan fingerprint density at radius 3 is 1.85 bits per heavy atom. The Balaban J connectivity index is 0.872. The predicted octanol–water partition coefficient (Wildman–Crippen LogP) is 9.48. The molecule has 0 fully saturated rings. The molecular weight excluding hydrogens is 769 g/mol. The van der Waals surface area contributed by atoms with Crippen LogP contribution >= 0.6 is 0 Å². The molecule has 0 saturated heterocycles. The number of hydrogen-bond acceptors (Lipinski definition) is 11. The van der Waals surface area contributed by atoms with Crippen LogP contribution in [-0.2, 0) is 0 Å². The Morgan fingerprint density at radius 2 is 1.19 bits per heavy atom. The Labute approximate surface area is 365 Å². The quantitative estimate of drug-likeness (QED) is 0.0215. The Kier molecular flexibility index (Phi) is 11.8. The third-order valence-corrected chi connectivity index (χ3v) is 12.3. The van der Waals surface area contributed by atoms with E-state index in [2.05, 4.69) is 107 Å². The summed E-state index contributed by atoms with van der Waals surface area (Å²) < 4.78 is 2.21. The zero-order valence-electron chi connectivity index (χ0n) is 36.9. The van der Waals surface area contributed by atoms with Crippen molar-refractivity contribution in [2.75, 3.05) is 71.0 Å². The number of nitrogen functional groups attached to an aromatic ring is 4. The van der Waals surface area contributed by atoms with Gasteiger partial charge in [0.2, 0.25) is 16.7 Å². The fourth-order valence-electron chi connectivity index (χ4n) is 8.92. The highest BCUT2D eigenvalue weighted by molar-refractivity contribution is 6.11. The van der Waals surface area contributed by atoms with Gasteiger partial charge in [-0.15, -0.1) is 4.57 Å². The van der Waals surface area contributed by atoms with Gasteiger partial charge in [-0.05, 0) is 130 Å². The maximum atomic E-state index is 6.62. The number of aryl methyl sites for hydroxylation is 3. The normalized spacial score (nSPS) is 14.5. The molecule has 2 aliphatic rings. The fourth-order valence-corrected chi connectivity index (χ4v) is 8.92. The minimum atomic E-state index is -0.116. The molecular formula is C50H61N12+. The third-order valence-electron chi connectivity index (χ3n) is 12.3. The number of anilines is 9. The fraction of sp³-hybridized carbons (Fsp3) is 0.300. The molecule has 0 spiro atoms. The molecule has 12 N–H and O–H groups in total. The number of allylic oxidation sites excluding steroid dienone is 1. The van der Waals surface area contributed by atoms with Gasteiger partial charge in [0.1, 0.15) is 16.7 Å². The third kappa shape index (κ3) is 8.24. The van der Waals surface area contributed by atoms with E-state index in [-0.39, 0.29) is 6.04 Å². The lowest BCUT2D eigenvalue weighted by Gasteiger charge is -2.39. The van der Waals surface area contributed by atoms with E-state index in [1.165, 1.54) is 31.3 Å². The minimum Gasteiger partial charge on any atom is -0.399 e. The molecule has 0 amide bonds. The topological polar surface area (TPSA) is 185 Å². The molecule has 1 unspecified atom stereocenters. The molecule has 2 heterocycles. The number of rotatable bonds is 15. The second-order valence-corrected chi connectivity index (χ2v) is 16.8. The first kappa shape index (κ1) is 41.8. The zero-order chi connectivity index (χ0) is 43.7. The highest BCUT2D eigenvalue weighted by Gasteiger charge is 2.34. The summed E-state index contributed by atoms with van der Waals surface area (Å²) in [7, 11) is 3.89. The number of aliphatic imine (C=N–C) groups is 1. The summed E-state index contributed by atoms with van der Waals surface area (Å²) in [6, 6.07) is 24.3. The van der Waals surface area contributed by atoms with E-state index in [0.717, 1.165) is 116 Å². The van der Waals surface area contributed by atoms with Crippen molar-refractivity contribution in [1.29, 1.82) is 0 Å². The number of hydrogen-bond donors (Lipinski definition) is 8. The van der Waals surface area contributed by atoms with E-state index in [4.69, 9.17) is 32.9 Å². The van der Waals surface area contributed by atoms with Gasteiger partial charge in [-0.25, -0.2) is 9.98 Å². The average Bonchev–Trinajstić information content (AvgIpc) is 3.23. The number of fused-ring (bicyclic) bond motifs is 4. The van der Waals surface area contributed by atoms with Gasteiger partial charge in [0, 0.05) is 79.5 Å². The van der Waals surface area contributed by atoms with E-state index in [0.29, 0.717) is 22.7 Å². The summed E-state index contributed by atoms with van der Waals surface area (Å²) in [4.78, 5) is 12.6. The molecule has 1 aliphatic carbocycles. The van der Waals surface area contributed by atoms with E-state index in [9.17, 15) is 0 Å². The molecule has 0 saturated carbocycles. The monoisotopic (exact) mass is 830 g/mol. The van der Waals surface area contributed by atoms with Gasteiger partial charge in [0.05, 0.1) is 34.5 Å². The molecule has 1 aromatic heterocycles. The van der Waals surface area contributed by atoms with E-state index in [1.807, 2.05) is 50.5 Å².